The minimum Gasteiger partial charge on any atom is -0.310 e. The molecule has 1 unspecified atom stereocenters. The summed E-state index contributed by atoms with van der Waals surface area (Å²) in [7, 11) is -3.37. The van der Waals surface area contributed by atoms with Gasteiger partial charge in [-0.15, -0.1) is 0 Å². The van der Waals surface area contributed by atoms with Gasteiger partial charge in [-0.3, -0.25) is 0 Å². The third-order valence-electron chi connectivity index (χ3n) is 3.25. The van der Waals surface area contributed by atoms with Crippen LogP contribution in [0.1, 0.15) is 24.9 Å². The predicted molar refractivity (Wildman–Crippen MR) is 82.6 cm³/mol. The molecule has 0 amide bonds. The van der Waals surface area contributed by atoms with Crippen LogP contribution < -0.4 is 10.5 Å². The SMILES string of the molecule is CC(NCCCS(N)(=O)=O)c1ccc(-n2ccnc2)cc1. The summed E-state index contributed by atoms with van der Waals surface area (Å²) in [4.78, 5) is 4.02. The highest BCUT2D eigenvalue weighted by molar-refractivity contribution is 7.89. The fraction of sp³-hybridized carbons (Fsp3) is 0.357. The number of primary sulfonamides is 1. The van der Waals surface area contributed by atoms with Gasteiger partial charge in [-0.05, 0) is 37.6 Å². The van der Waals surface area contributed by atoms with Crippen LogP contribution in [0.25, 0.3) is 5.69 Å². The van der Waals surface area contributed by atoms with Crippen molar-refractivity contribution < 1.29 is 8.42 Å². The largest absolute Gasteiger partial charge is 0.310 e. The quantitative estimate of drug-likeness (QED) is 0.752. The molecule has 6 nitrogen and oxygen atoms in total. The van der Waals surface area contributed by atoms with Gasteiger partial charge in [0.05, 0.1) is 12.1 Å². The molecule has 0 aliphatic rings. The number of imidazole rings is 1. The highest BCUT2D eigenvalue weighted by atomic mass is 32.2. The fourth-order valence-corrected chi connectivity index (χ4v) is 2.60. The molecule has 1 aromatic heterocycles. The minimum absolute atomic E-state index is 0.00624. The first kappa shape index (κ1) is 15.7. The van der Waals surface area contributed by atoms with Crippen molar-refractivity contribution in [2.24, 2.45) is 5.14 Å². The Hall–Kier alpha value is -1.70. The summed E-state index contributed by atoms with van der Waals surface area (Å²) in [6.45, 7) is 2.66. The van der Waals surface area contributed by atoms with Crippen molar-refractivity contribution in [1.29, 1.82) is 0 Å². The first-order valence-corrected chi connectivity index (χ1v) is 8.49. The maximum Gasteiger partial charge on any atom is 0.209 e. The molecule has 0 saturated heterocycles. The second kappa shape index (κ2) is 6.84. The molecule has 1 aromatic carbocycles. The fourth-order valence-electron chi connectivity index (χ4n) is 2.06. The molecule has 3 N–H and O–H groups in total. The van der Waals surface area contributed by atoms with Gasteiger partial charge in [-0.25, -0.2) is 18.5 Å². The summed E-state index contributed by atoms with van der Waals surface area (Å²) < 4.78 is 23.6. The number of benzene rings is 1. The zero-order chi connectivity index (χ0) is 15.3. The molecule has 2 aromatic rings. The van der Waals surface area contributed by atoms with E-state index in [1.165, 1.54) is 0 Å². The Kier molecular flexibility index (Phi) is 5.11. The third kappa shape index (κ3) is 4.96. The van der Waals surface area contributed by atoms with Crippen LogP contribution >= 0.6 is 0 Å². The number of aromatic nitrogens is 2. The van der Waals surface area contributed by atoms with Gasteiger partial charge in [-0.2, -0.15) is 0 Å². The molecular formula is C14H20N4O2S. The lowest BCUT2D eigenvalue weighted by molar-refractivity contribution is 0.560. The minimum atomic E-state index is -3.37. The molecule has 0 aliphatic heterocycles. The molecule has 0 fully saturated rings. The van der Waals surface area contributed by atoms with Gasteiger partial charge in [0, 0.05) is 24.1 Å². The number of sulfonamides is 1. The Labute approximate surface area is 125 Å². The summed E-state index contributed by atoms with van der Waals surface area (Å²) in [6, 6.07) is 8.31. The molecule has 114 valence electrons. The third-order valence-corrected chi connectivity index (χ3v) is 4.11. The summed E-state index contributed by atoms with van der Waals surface area (Å²) in [5.41, 5.74) is 2.20. The Morgan fingerprint density at radius 1 is 1.33 bits per heavy atom. The van der Waals surface area contributed by atoms with E-state index in [9.17, 15) is 8.42 Å². The van der Waals surface area contributed by atoms with E-state index in [-0.39, 0.29) is 11.8 Å². The van der Waals surface area contributed by atoms with Gasteiger partial charge in [0.15, 0.2) is 0 Å². The number of nitrogens with zero attached hydrogens (tertiary/aromatic N) is 2. The average Bonchev–Trinajstić information content (AvgIpc) is 2.96. The van der Waals surface area contributed by atoms with Gasteiger partial charge < -0.3 is 9.88 Å². The number of nitrogens with two attached hydrogens (primary N) is 1. The van der Waals surface area contributed by atoms with E-state index in [1.807, 2.05) is 42.0 Å². The lowest BCUT2D eigenvalue weighted by Crippen LogP contribution is -2.24. The van der Waals surface area contributed by atoms with Gasteiger partial charge in [0.2, 0.25) is 10.0 Å². The van der Waals surface area contributed by atoms with E-state index >= 15 is 0 Å². The van der Waals surface area contributed by atoms with Crippen molar-refractivity contribution in [2.45, 2.75) is 19.4 Å². The van der Waals surface area contributed by atoms with Crippen molar-refractivity contribution in [3.05, 3.63) is 48.5 Å². The van der Waals surface area contributed by atoms with Crippen LogP contribution in [0.3, 0.4) is 0 Å². The van der Waals surface area contributed by atoms with Crippen molar-refractivity contribution >= 4 is 10.0 Å². The molecule has 21 heavy (non-hydrogen) atoms. The molecule has 1 heterocycles. The first-order chi connectivity index (χ1) is 9.96. The molecule has 1 atom stereocenters. The van der Waals surface area contributed by atoms with E-state index in [1.54, 1.807) is 12.5 Å². The molecule has 0 bridgehead atoms. The second-order valence-electron chi connectivity index (χ2n) is 4.96. The smallest absolute Gasteiger partial charge is 0.209 e. The molecule has 7 heteroatoms. The normalized spacial score (nSPS) is 13.2. The maximum atomic E-state index is 10.8. The van der Waals surface area contributed by atoms with Gasteiger partial charge in [0.25, 0.3) is 0 Å². The van der Waals surface area contributed by atoms with Crippen LogP contribution in [0.15, 0.2) is 43.0 Å². The van der Waals surface area contributed by atoms with E-state index in [2.05, 4.69) is 10.3 Å². The second-order valence-corrected chi connectivity index (χ2v) is 6.69. The highest BCUT2D eigenvalue weighted by Crippen LogP contribution is 2.15. The number of hydrogen-bond donors (Lipinski definition) is 2. The number of hydrogen-bond acceptors (Lipinski definition) is 4. The van der Waals surface area contributed by atoms with Crippen LogP contribution in [0.4, 0.5) is 0 Å². The molecule has 0 radical (unpaired) electrons. The van der Waals surface area contributed by atoms with Crippen LogP contribution in [-0.4, -0.2) is 30.3 Å². The van der Waals surface area contributed by atoms with E-state index in [0.717, 1.165) is 11.3 Å². The van der Waals surface area contributed by atoms with E-state index in [4.69, 9.17) is 5.14 Å². The van der Waals surface area contributed by atoms with Gasteiger partial charge in [0.1, 0.15) is 0 Å². The molecule has 0 aliphatic carbocycles. The molecule has 0 spiro atoms. The van der Waals surface area contributed by atoms with Crippen LogP contribution in [0, 0.1) is 0 Å². The highest BCUT2D eigenvalue weighted by Gasteiger charge is 2.06. The van der Waals surface area contributed by atoms with Crippen LogP contribution in [0.2, 0.25) is 0 Å². The number of nitrogens with one attached hydrogen (secondary N) is 1. The van der Waals surface area contributed by atoms with E-state index in [0.29, 0.717) is 13.0 Å². The van der Waals surface area contributed by atoms with Crippen molar-refractivity contribution in [3.8, 4) is 5.69 Å². The van der Waals surface area contributed by atoms with Crippen molar-refractivity contribution in [1.82, 2.24) is 14.9 Å². The predicted octanol–water partition coefficient (Wildman–Crippen LogP) is 1.20. The summed E-state index contributed by atoms with van der Waals surface area (Å²) in [6.07, 6.45) is 5.90. The summed E-state index contributed by atoms with van der Waals surface area (Å²) >= 11 is 0. The Bertz CT molecular complexity index is 651. The van der Waals surface area contributed by atoms with E-state index < -0.39 is 10.0 Å². The zero-order valence-electron chi connectivity index (χ0n) is 11.9. The first-order valence-electron chi connectivity index (χ1n) is 6.78. The standard InChI is InChI=1S/C14H20N4O2S/c1-12(17-7-2-10-21(15,19)20)13-3-5-14(6-4-13)18-9-8-16-11-18/h3-6,8-9,11-12,17H,2,7,10H2,1H3,(H2,15,19,20). The molecular weight excluding hydrogens is 288 g/mol. The Morgan fingerprint density at radius 3 is 2.62 bits per heavy atom. The van der Waals surface area contributed by atoms with Crippen molar-refractivity contribution in [3.63, 3.8) is 0 Å². The van der Waals surface area contributed by atoms with Crippen LogP contribution in [-0.2, 0) is 10.0 Å². The zero-order valence-corrected chi connectivity index (χ0v) is 12.8. The van der Waals surface area contributed by atoms with Crippen molar-refractivity contribution in [2.75, 3.05) is 12.3 Å². The van der Waals surface area contributed by atoms with Gasteiger partial charge >= 0.3 is 0 Å². The summed E-state index contributed by atoms with van der Waals surface area (Å²) in [5.74, 6) is 0.00624. The Balaban J connectivity index is 1.87. The maximum absolute atomic E-state index is 10.8. The Morgan fingerprint density at radius 2 is 2.05 bits per heavy atom. The summed E-state index contributed by atoms with van der Waals surface area (Å²) in [5, 5.41) is 8.25. The van der Waals surface area contributed by atoms with Crippen LogP contribution in [0.5, 0.6) is 0 Å². The lowest BCUT2D eigenvalue weighted by Gasteiger charge is -2.14. The lowest BCUT2D eigenvalue weighted by atomic mass is 10.1. The monoisotopic (exact) mass is 308 g/mol. The average molecular weight is 308 g/mol. The van der Waals surface area contributed by atoms with Gasteiger partial charge in [-0.1, -0.05) is 12.1 Å². The molecule has 2 rings (SSSR count). The topological polar surface area (TPSA) is 90.0 Å². The number of rotatable bonds is 7. The molecule has 0 saturated carbocycles.